The minimum absolute atomic E-state index is 0.0880. The van der Waals surface area contributed by atoms with Gasteiger partial charge in [0, 0.05) is 11.6 Å². The molecule has 21 heavy (non-hydrogen) atoms. The number of amides is 1. The first kappa shape index (κ1) is 14.6. The number of pyridine rings is 1. The average molecular weight is 288 g/mol. The minimum atomic E-state index is -0.348. The molecule has 0 unspecified atom stereocenters. The molecular weight excluding hydrogens is 272 g/mol. The number of methoxy groups -OCH3 is 1. The van der Waals surface area contributed by atoms with E-state index in [1.807, 2.05) is 6.92 Å². The lowest BCUT2D eigenvalue weighted by Crippen LogP contribution is -2.12. The summed E-state index contributed by atoms with van der Waals surface area (Å²) in [5.41, 5.74) is 0.862. The molecule has 2 N–H and O–H groups in total. The average Bonchev–Trinajstić information content (AvgIpc) is 2.49. The van der Waals surface area contributed by atoms with Crippen LogP contribution in [0.25, 0.3) is 0 Å². The number of phenolic OH excluding ortho intramolecular Hbond substituents is 1. The smallest absolute Gasteiger partial charge is 0.255 e. The van der Waals surface area contributed by atoms with Gasteiger partial charge in [-0.1, -0.05) is 0 Å². The second-order valence-corrected chi connectivity index (χ2v) is 4.16. The zero-order valence-corrected chi connectivity index (χ0v) is 11.8. The Balaban J connectivity index is 2.08. The molecule has 6 nitrogen and oxygen atoms in total. The van der Waals surface area contributed by atoms with E-state index in [2.05, 4.69) is 10.3 Å². The summed E-state index contributed by atoms with van der Waals surface area (Å²) in [7, 11) is 1.44. The van der Waals surface area contributed by atoms with Crippen molar-refractivity contribution in [2.24, 2.45) is 0 Å². The second kappa shape index (κ2) is 6.60. The molecule has 0 aliphatic rings. The highest BCUT2D eigenvalue weighted by Crippen LogP contribution is 2.26. The summed E-state index contributed by atoms with van der Waals surface area (Å²) in [5, 5.41) is 12.4. The third kappa shape index (κ3) is 3.62. The molecule has 1 heterocycles. The standard InChI is InChI=1S/C15H16N2O4/c1-3-21-14-7-5-11(9-16-14)17-15(19)10-4-6-13(20-2)12(18)8-10/h4-9,18H,3H2,1-2H3,(H,17,19). The summed E-state index contributed by atoms with van der Waals surface area (Å²) in [6, 6.07) is 7.80. The van der Waals surface area contributed by atoms with Gasteiger partial charge in [0.25, 0.3) is 5.91 Å². The van der Waals surface area contributed by atoms with Crippen molar-refractivity contribution in [3.63, 3.8) is 0 Å². The number of benzene rings is 1. The first-order chi connectivity index (χ1) is 10.1. The Hall–Kier alpha value is -2.76. The summed E-state index contributed by atoms with van der Waals surface area (Å²) in [4.78, 5) is 16.1. The predicted molar refractivity (Wildman–Crippen MR) is 78.0 cm³/mol. The van der Waals surface area contributed by atoms with Crippen LogP contribution in [0.1, 0.15) is 17.3 Å². The molecule has 0 radical (unpaired) electrons. The van der Waals surface area contributed by atoms with E-state index in [4.69, 9.17) is 9.47 Å². The van der Waals surface area contributed by atoms with Crippen LogP contribution in [-0.2, 0) is 0 Å². The quantitative estimate of drug-likeness (QED) is 0.883. The van der Waals surface area contributed by atoms with Gasteiger partial charge in [0.05, 0.1) is 25.6 Å². The lowest BCUT2D eigenvalue weighted by Gasteiger charge is -2.08. The molecule has 0 saturated heterocycles. The van der Waals surface area contributed by atoms with Gasteiger partial charge < -0.3 is 19.9 Å². The van der Waals surface area contributed by atoms with Crippen LogP contribution >= 0.6 is 0 Å². The van der Waals surface area contributed by atoms with Crippen LogP contribution in [0.3, 0.4) is 0 Å². The number of rotatable bonds is 5. The van der Waals surface area contributed by atoms with Crippen molar-refractivity contribution in [3.8, 4) is 17.4 Å². The fourth-order valence-electron chi connectivity index (χ4n) is 1.72. The molecule has 1 aromatic carbocycles. The number of nitrogens with one attached hydrogen (secondary N) is 1. The predicted octanol–water partition coefficient (Wildman–Crippen LogP) is 2.45. The Morgan fingerprint density at radius 2 is 2.14 bits per heavy atom. The third-order valence-corrected chi connectivity index (χ3v) is 2.73. The molecule has 6 heteroatoms. The summed E-state index contributed by atoms with van der Waals surface area (Å²) >= 11 is 0. The molecule has 2 aromatic rings. The molecule has 1 amide bonds. The van der Waals surface area contributed by atoms with E-state index in [-0.39, 0.29) is 11.7 Å². The Morgan fingerprint density at radius 1 is 1.33 bits per heavy atom. The number of hydrogen-bond donors (Lipinski definition) is 2. The van der Waals surface area contributed by atoms with E-state index in [0.29, 0.717) is 29.5 Å². The first-order valence-electron chi connectivity index (χ1n) is 6.41. The van der Waals surface area contributed by atoms with Gasteiger partial charge in [0.1, 0.15) is 0 Å². The number of carbonyl (C=O) groups is 1. The van der Waals surface area contributed by atoms with Crippen molar-refractivity contribution >= 4 is 11.6 Å². The van der Waals surface area contributed by atoms with Crippen LogP contribution in [-0.4, -0.2) is 29.7 Å². The molecule has 0 aliphatic carbocycles. The second-order valence-electron chi connectivity index (χ2n) is 4.16. The zero-order valence-electron chi connectivity index (χ0n) is 11.8. The van der Waals surface area contributed by atoms with Gasteiger partial charge in [-0.05, 0) is 31.2 Å². The normalized spacial score (nSPS) is 10.0. The molecule has 110 valence electrons. The number of nitrogens with zero attached hydrogens (tertiary/aromatic N) is 1. The largest absolute Gasteiger partial charge is 0.504 e. The van der Waals surface area contributed by atoms with Crippen molar-refractivity contribution in [2.45, 2.75) is 6.92 Å². The molecular formula is C15H16N2O4. The molecule has 2 rings (SSSR count). The molecule has 0 spiro atoms. The van der Waals surface area contributed by atoms with E-state index in [0.717, 1.165) is 0 Å². The van der Waals surface area contributed by atoms with Gasteiger partial charge in [-0.15, -0.1) is 0 Å². The van der Waals surface area contributed by atoms with Gasteiger partial charge in [-0.25, -0.2) is 4.98 Å². The number of aromatic hydroxyl groups is 1. The highest BCUT2D eigenvalue weighted by molar-refractivity contribution is 6.04. The monoisotopic (exact) mass is 288 g/mol. The maximum atomic E-state index is 12.1. The summed E-state index contributed by atoms with van der Waals surface area (Å²) < 4.78 is 10.1. The number of carbonyl (C=O) groups excluding carboxylic acids is 1. The zero-order chi connectivity index (χ0) is 15.2. The number of anilines is 1. The summed E-state index contributed by atoms with van der Waals surface area (Å²) in [6.07, 6.45) is 1.51. The van der Waals surface area contributed by atoms with E-state index in [1.54, 1.807) is 18.2 Å². The van der Waals surface area contributed by atoms with Crippen molar-refractivity contribution < 1.29 is 19.4 Å². The maximum Gasteiger partial charge on any atom is 0.255 e. The van der Waals surface area contributed by atoms with Crippen LogP contribution in [0.4, 0.5) is 5.69 Å². The SMILES string of the molecule is CCOc1ccc(NC(=O)c2ccc(OC)c(O)c2)cn1. The maximum absolute atomic E-state index is 12.1. The Kier molecular flexibility index (Phi) is 4.61. The van der Waals surface area contributed by atoms with Crippen molar-refractivity contribution in [1.82, 2.24) is 4.98 Å². The number of ether oxygens (including phenoxy) is 2. The van der Waals surface area contributed by atoms with Crippen LogP contribution in [0.2, 0.25) is 0 Å². The third-order valence-electron chi connectivity index (χ3n) is 2.73. The molecule has 1 aromatic heterocycles. The molecule has 0 atom stereocenters. The van der Waals surface area contributed by atoms with E-state index in [1.165, 1.54) is 25.4 Å². The first-order valence-corrected chi connectivity index (χ1v) is 6.41. The molecule has 0 bridgehead atoms. The minimum Gasteiger partial charge on any atom is -0.504 e. The van der Waals surface area contributed by atoms with Gasteiger partial charge in [-0.3, -0.25) is 4.79 Å². The number of hydrogen-bond acceptors (Lipinski definition) is 5. The van der Waals surface area contributed by atoms with Crippen LogP contribution in [0, 0.1) is 0 Å². The summed E-state index contributed by atoms with van der Waals surface area (Å²) in [6.45, 7) is 2.40. The van der Waals surface area contributed by atoms with Gasteiger partial charge in [-0.2, -0.15) is 0 Å². The van der Waals surface area contributed by atoms with Gasteiger partial charge >= 0.3 is 0 Å². The highest BCUT2D eigenvalue weighted by Gasteiger charge is 2.10. The fraction of sp³-hybridized carbons (Fsp3) is 0.200. The van der Waals surface area contributed by atoms with Crippen molar-refractivity contribution in [3.05, 3.63) is 42.1 Å². The van der Waals surface area contributed by atoms with E-state index < -0.39 is 0 Å². The van der Waals surface area contributed by atoms with Crippen LogP contribution in [0.5, 0.6) is 17.4 Å². The number of phenols is 1. The van der Waals surface area contributed by atoms with Gasteiger partial charge in [0.15, 0.2) is 11.5 Å². The van der Waals surface area contributed by atoms with E-state index in [9.17, 15) is 9.90 Å². The molecule has 0 aliphatic heterocycles. The Bertz CT molecular complexity index is 626. The lowest BCUT2D eigenvalue weighted by molar-refractivity contribution is 0.102. The Labute approximate surface area is 122 Å². The highest BCUT2D eigenvalue weighted by atomic mass is 16.5. The molecule has 0 saturated carbocycles. The lowest BCUT2D eigenvalue weighted by atomic mass is 10.2. The summed E-state index contributed by atoms with van der Waals surface area (Å²) in [5.74, 6) is 0.376. The van der Waals surface area contributed by atoms with Gasteiger partial charge in [0.2, 0.25) is 5.88 Å². The Morgan fingerprint density at radius 3 is 2.71 bits per heavy atom. The van der Waals surface area contributed by atoms with Crippen LogP contribution in [0.15, 0.2) is 36.5 Å². The number of aromatic nitrogens is 1. The van der Waals surface area contributed by atoms with Crippen molar-refractivity contribution in [2.75, 3.05) is 19.0 Å². The van der Waals surface area contributed by atoms with Crippen LogP contribution < -0.4 is 14.8 Å². The van der Waals surface area contributed by atoms with Crippen molar-refractivity contribution in [1.29, 1.82) is 0 Å². The topological polar surface area (TPSA) is 80.7 Å². The molecule has 0 fully saturated rings. The van der Waals surface area contributed by atoms with E-state index >= 15 is 0 Å². The fourth-order valence-corrected chi connectivity index (χ4v) is 1.72.